The first kappa shape index (κ1) is 10.1. The zero-order chi connectivity index (χ0) is 4.50. The van der Waals surface area contributed by atoms with Crippen molar-refractivity contribution in [2.24, 2.45) is 0 Å². The zero-order valence-corrected chi connectivity index (χ0v) is 7.31. The SMILES string of the molecule is CC(C)(C)S.[Au]. The number of hydrogen-bond acceptors (Lipinski definition) is 1. The molecule has 0 nitrogen and oxygen atoms in total. The number of thiol groups is 1. The summed E-state index contributed by atoms with van der Waals surface area (Å²) in [6.45, 7) is 6.16. The van der Waals surface area contributed by atoms with Crippen LogP contribution in [0.2, 0.25) is 0 Å². The van der Waals surface area contributed by atoms with E-state index in [1.807, 2.05) is 0 Å². The standard InChI is InChI=1S/C4H10S.Au/c1-4(2,3)5;/h5H,1-3H3;. The smallest absolute Gasteiger partial charge is 0.00449 e. The van der Waals surface area contributed by atoms with Gasteiger partial charge in [0.05, 0.1) is 0 Å². The molecular formula is C4H10AuS. The molecule has 0 aromatic rings. The fraction of sp³-hybridized carbons (Fsp3) is 1.00. The van der Waals surface area contributed by atoms with E-state index in [1.54, 1.807) is 0 Å². The van der Waals surface area contributed by atoms with Gasteiger partial charge >= 0.3 is 0 Å². The van der Waals surface area contributed by atoms with Crippen LogP contribution in [0.3, 0.4) is 0 Å². The Morgan fingerprint density at radius 3 is 1.17 bits per heavy atom. The Bertz CT molecular complexity index is 23.0. The van der Waals surface area contributed by atoms with Crippen molar-refractivity contribution in [1.82, 2.24) is 0 Å². The summed E-state index contributed by atoms with van der Waals surface area (Å²) in [7, 11) is 0. The molecule has 0 aliphatic carbocycles. The molecule has 0 saturated heterocycles. The van der Waals surface area contributed by atoms with E-state index in [9.17, 15) is 0 Å². The van der Waals surface area contributed by atoms with Crippen LogP contribution < -0.4 is 0 Å². The Hall–Kier alpha value is 1.09. The van der Waals surface area contributed by atoms with Crippen LogP contribution in [-0.4, -0.2) is 4.75 Å². The van der Waals surface area contributed by atoms with E-state index in [1.165, 1.54) is 0 Å². The summed E-state index contributed by atoms with van der Waals surface area (Å²) in [4.78, 5) is 0. The van der Waals surface area contributed by atoms with Gasteiger partial charge in [-0.3, -0.25) is 0 Å². The van der Waals surface area contributed by atoms with Gasteiger partial charge in [0.25, 0.3) is 0 Å². The van der Waals surface area contributed by atoms with Gasteiger partial charge < -0.3 is 0 Å². The van der Waals surface area contributed by atoms with Gasteiger partial charge in [-0.25, -0.2) is 0 Å². The van der Waals surface area contributed by atoms with Crippen molar-refractivity contribution in [3.63, 3.8) is 0 Å². The van der Waals surface area contributed by atoms with Crippen LogP contribution in [0.25, 0.3) is 0 Å². The minimum Gasteiger partial charge on any atom is -0.173 e. The molecule has 1 radical (unpaired) electrons. The van der Waals surface area contributed by atoms with Crippen LogP contribution in [0.1, 0.15) is 20.8 Å². The van der Waals surface area contributed by atoms with Gasteiger partial charge in [0.1, 0.15) is 0 Å². The molecule has 0 bridgehead atoms. The zero-order valence-electron chi connectivity index (χ0n) is 4.25. The average molecular weight is 287 g/mol. The van der Waals surface area contributed by atoms with Crippen LogP contribution in [0, 0.1) is 0 Å². The molecule has 0 unspecified atom stereocenters. The van der Waals surface area contributed by atoms with Crippen LogP contribution >= 0.6 is 12.6 Å². The first-order valence-electron chi connectivity index (χ1n) is 1.72. The first-order valence-corrected chi connectivity index (χ1v) is 2.17. The molecule has 0 heterocycles. The average Bonchev–Trinajstić information content (AvgIpc) is 0.722. The maximum atomic E-state index is 4.12. The van der Waals surface area contributed by atoms with Crippen molar-refractivity contribution in [2.75, 3.05) is 0 Å². The van der Waals surface area contributed by atoms with Crippen molar-refractivity contribution < 1.29 is 22.4 Å². The van der Waals surface area contributed by atoms with Gasteiger partial charge in [-0.2, -0.15) is 12.6 Å². The molecule has 0 saturated carbocycles. The van der Waals surface area contributed by atoms with Crippen molar-refractivity contribution in [2.45, 2.75) is 25.5 Å². The molecule has 0 amide bonds. The molecule has 2 heteroatoms. The van der Waals surface area contributed by atoms with Crippen LogP contribution in [-0.2, 0) is 22.4 Å². The van der Waals surface area contributed by atoms with E-state index in [-0.39, 0.29) is 27.1 Å². The quantitative estimate of drug-likeness (QED) is 0.509. The summed E-state index contributed by atoms with van der Waals surface area (Å²) in [6, 6.07) is 0. The van der Waals surface area contributed by atoms with Crippen molar-refractivity contribution >= 4 is 12.6 Å². The molecule has 0 aromatic heterocycles. The van der Waals surface area contributed by atoms with E-state index in [0.29, 0.717) is 0 Å². The molecule has 0 aromatic carbocycles. The molecule has 43 valence electrons. The predicted molar refractivity (Wildman–Crippen MR) is 28.7 cm³/mol. The topological polar surface area (TPSA) is 0 Å². The van der Waals surface area contributed by atoms with E-state index in [0.717, 1.165) is 0 Å². The summed E-state index contributed by atoms with van der Waals surface area (Å²) >= 11 is 4.12. The maximum absolute atomic E-state index is 4.12. The van der Waals surface area contributed by atoms with Crippen LogP contribution in [0.15, 0.2) is 0 Å². The van der Waals surface area contributed by atoms with Crippen LogP contribution in [0.5, 0.6) is 0 Å². The molecule has 0 aliphatic rings. The van der Waals surface area contributed by atoms with Gasteiger partial charge in [-0.1, -0.05) is 20.8 Å². The second kappa shape index (κ2) is 3.14. The van der Waals surface area contributed by atoms with E-state index >= 15 is 0 Å². The normalized spacial score (nSPS) is 10.0. The third kappa shape index (κ3) is 71.6. The van der Waals surface area contributed by atoms with E-state index in [4.69, 9.17) is 0 Å². The Kier molecular flexibility index (Phi) is 5.31. The summed E-state index contributed by atoms with van der Waals surface area (Å²) in [5.41, 5.74) is 0. The molecular weight excluding hydrogens is 277 g/mol. The molecule has 0 rings (SSSR count). The number of hydrogen-bond donors (Lipinski definition) is 1. The Morgan fingerprint density at radius 1 is 1.17 bits per heavy atom. The van der Waals surface area contributed by atoms with Gasteiger partial charge in [-0.15, -0.1) is 0 Å². The molecule has 0 atom stereocenters. The van der Waals surface area contributed by atoms with E-state index in [2.05, 4.69) is 33.4 Å². The van der Waals surface area contributed by atoms with Gasteiger partial charge in [0, 0.05) is 27.1 Å². The molecule has 0 aliphatic heterocycles. The van der Waals surface area contributed by atoms with Gasteiger partial charge in [-0.05, 0) is 0 Å². The number of rotatable bonds is 0. The summed E-state index contributed by atoms with van der Waals surface area (Å²) < 4.78 is 0.194. The minimum absolute atomic E-state index is 0. The summed E-state index contributed by atoms with van der Waals surface area (Å²) in [6.07, 6.45) is 0. The second-order valence-corrected chi connectivity index (χ2v) is 3.51. The fourth-order valence-electron chi connectivity index (χ4n) is 0. The third-order valence-corrected chi connectivity index (χ3v) is 0. The molecule has 0 fully saturated rings. The van der Waals surface area contributed by atoms with Gasteiger partial charge in [0.15, 0.2) is 0 Å². The van der Waals surface area contributed by atoms with Gasteiger partial charge in [0.2, 0.25) is 0 Å². The predicted octanol–water partition coefficient (Wildman–Crippen LogP) is 1.71. The summed E-state index contributed by atoms with van der Waals surface area (Å²) in [5.74, 6) is 0. The largest absolute Gasteiger partial charge is 0.173 e. The third-order valence-electron chi connectivity index (χ3n) is 0. The Morgan fingerprint density at radius 2 is 1.17 bits per heavy atom. The van der Waals surface area contributed by atoms with Crippen LogP contribution in [0.4, 0.5) is 0 Å². The fourth-order valence-corrected chi connectivity index (χ4v) is 0. The maximum Gasteiger partial charge on any atom is 0.00449 e. The molecule has 0 spiro atoms. The Balaban J connectivity index is 0. The molecule has 6 heavy (non-hydrogen) atoms. The monoisotopic (exact) mass is 287 g/mol. The minimum atomic E-state index is 0. The second-order valence-electron chi connectivity index (χ2n) is 2.17. The Labute approximate surface area is 60.6 Å². The first-order chi connectivity index (χ1) is 2.00. The van der Waals surface area contributed by atoms with Crippen molar-refractivity contribution in [1.29, 1.82) is 0 Å². The van der Waals surface area contributed by atoms with E-state index < -0.39 is 0 Å². The molecule has 0 N–H and O–H groups in total. The van der Waals surface area contributed by atoms with Crippen molar-refractivity contribution in [3.05, 3.63) is 0 Å². The van der Waals surface area contributed by atoms with Crippen molar-refractivity contribution in [3.8, 4) is 0 Å². The summed E-state index contributed by atoms with van der Waals surface area (Å²) in [5, 5.41) is 0.